The maximum Gasteiger partial charge on any atom is 0.262 e. The van der Waals surface area contributed by atoms with Gasteiger partial charge in [-0.25, -0.2) is 8.42 Å². The highest BCUT2D eigenvalue weighted by atomic mass is 32.2. The van der Waals surface area contributed by atoms with E-state index in [2.05, 4.69) is 9.62 Å². The van der Waals surface area contributed by atoms with Crippen LogP contribution in [-0.2, 0) is 16.6 Å². The van der Waals surface area contributed by atoms with Gasteiger partial charge in [-0.1, -0.05) is 60.2 Å². The Morgan fingerprint density at radius 2 is 1.36 bits per heavy atom. The Morgan fingerprint density at radius 3 is 1.98 bits per heavy atom. The lowest BCUT2D eigenvalue weighted by Crippen LogP contribution is -2.49. The van der Waals surface area contributed by atoms with Crippen LogP contribution in [0.2, 0.25) is 0 Å². The third-order valence-electron chi connectivity index (χ3n) is 7.99. The van der Waals surface area contributed by atoms with Gasteiger partial charge in [-0.15, -0.1) is 0 Å². The van der Waals surface area contributed by atoms with E-state index in [1.807, 2.05) is 112 Å². The molecular weight excluding hydrogens is 611 g/mol. The van der Waals surface area contributed by atoms with Gasteiger partial charge in [0.1, 0.15) is 17.7 Å². The number of hydrogen-bond acceptors (Lipinski definition) is 6. The van der Waals surface area contributed by atoms with E-state index in [0.717, 1.165) is 22.4 Å². The van der Waals surface area contributed by atoms with Crippen LogP contribution in [0.4, 0.5) is 17.1 Å². The van der Waals surface area contributed by atoms with Gasteiger partial charge < -0.3 is 14.4 Å². The summed E-state index contributed by atoms with van der Waals surface area (Å²) in [5, 5.41) is 0. The van der Waals surface area contributed by atoms with E-state index < -0.39 is 16.2 Å². The van der Waals surface area contributed by atoms with Gasteiger partial charge in [0.05, 0.1) is 29.4 Å². The molecule has 0 bridgehead atoms. The molecule has 6 rings (SSSR count). The molecule has 1 aliphatic heterocycles. The number of aryl methyl sites for hydroxylation is 1. The van der Waals surface area contributed by atoms with Crippen molar-refractivity contribution in [3.8, 4) is 11.5 Å². The molecule has 1 aliphatic rings. The molecule has 0 saturated carbocycles. The van der Waals surface area contributed by atoms with Gasteiger partial charge in [-0.2, -0.15) is 0 Å². The normalized spacial score (nSPS) is 14.4. The topological polar surface area (TPSA) is 88.2 Å². The minimum Gasteiger partial charge on any atom is -0.494 e. The van der Waals surface area contributed by atoms with E-state index in [9.17, 15) is 13.2 Å². The van der Waals surface area contributed by atoms with E-state index in [1.54, 1.807) is 29.2 Å². The number of ether oxygens (including phenoxy) is 2. The van der Waals surface area contributed by atoms with Gasteiger partial charge in [-0.3, -0.25) is 14.4 Å². The van der Waals surface area contributed by atoms with Crippen molar-refractivity contribution in [3.05, 3.63) is 144 Å². The van der Waals surface area contributed by atoms with Gasteiger partial charge in [0.25, 0.3) is 15.9 Å². The summed E-state index contributed by atoms with van der Waals surface area (Å²) in [6.07, 6.45) is -0.558. The van der Waals surface area contributed by atoms with Crippen molar-refractivity contribution in [2.24, 2.45) is 0 Å². The molecule has 1 atom stereocenters. The molecule has 5 aromatic carbocycles. The Balaban J connectivity index is 1.50. The Bertz CT molecular complexity index is 1950. The average Bonchev–Trinajstić information content (AvgIpc) is 3.08. The SMILES string of the molecule is CCOc1ccc([C@H]2N(Cc3ccccc3)c3ccc(S(=O)(=O)Nc4ccc(C)cc4)cc3C(=O)N2c2ccc(OCC)cc2)cc1. The van der Waals surface area contributed by atoms with Crippen LogP contribution < -0.4 is 24.0 Å². The molecule has 0 fully saturated rings. The summed E-state index contributed by atoms with van der Waals surface area (Å²) in [6, 6.07) is 37.0. The van der Waals surface area contributed by atoms with Crippen molar-refractivity contribution in [1.82, 2.24) is 0 Å². The summed E-state index contributed by atoms with van der Waals surface area (Å²) in [7, 11) is -4.00. The van der Waals surface area contributed by atoms with Crippen LogP contribution in [0, 0.1) is 6.92 Å². The van der Waals surface area contributed by atoms with Gasteiger partial charge in [0, 0.05) is 17.9 Å². The number of benzene rings is 5. The quantitative estimate of drug-likeness (QED) is 0.157. The summed E-state index contributed by atoms with van der Waals surface area (Å²) >= 11 is 0. The number of rotatable bonds is 11. The first kappa shape index (κ1) is 31.7. The lowest BCUT2D eigenvalue weighted by Gasteiger charge is -2.46. The molecule has 0 radical (unpaired) electrons. The molecule has 1 amide bonds. The predicted octanol–water partition coefficient (Wildman–Crippen LogP) is 7.96. The minimum absolute atomic E-state index is 0.00371. The minimum atomic E-state index is -4.00. The van der Waals surface area contributed by atoms with Crippen LogP contribution >= 0.6 is 0 Å². The van der Waals surface area contributed by atoms with E-state index in [1.165, 1.54) is 6.07 Å². The number of carbonyl (C=O) groups excluding carboxylic acids is 1. The average molecular weight is 648 g/mol. The second kappa shape index (κ2) is 13.6. The second-order valence-corrected chi connectivity index (χ2v) is 12.9. The van der Waals surface area contributed by atoms with Crippen LogP contribution in [0.1, 0.15) is 47.1 Å². The molecular formula is C38H37N3O5S. The molecule has 0 aliphatic carbocycles. The molecule has 0 unspecified atom stereocenters. The highest BCUT2D eigenvalue weighted by Gasteiger charge is 2.40. The smallest absolute Gasteiger partial charge is 0.262 e. The molecule has 240 valence electrons. The number of carbonyl (C=O) groups is 1. The molecule has 8 nitrogen and oxygen atoms in total. The first-order chi connectivity index (χ1) is 22.8. The van der Waals surface area contributed by atoms with Crippen molar-refractivity contribution >= 4 is 33.0 Å². The second-order valence-electron chi connectivity index (χ2n) is 11.2. The molecule has 0 saturated heterocycles. The standard InChI is InChI=1S/C38H37N3O5S/c1-4-45-32-19-13-29(14-20-32)37-40(26-28-9-7-6-8-10-28)36-24-23-34(47(43,44)39-30-15-11-27(3)12-16-30)25-35(36)38(42)41(37)31-17-21-33(22-18-31)46-5-2/h6-25,37,39H,4-5,26H2,1-3H3/t37-/m0/s1. The van der Waals surface area contributed by atoms with E-state index in [-0.39, 0.29) is 16.4 Å². The first-order valence-electron chi connectivity index (χ1n) is 15.6. The maximum atomic E-state index is 14.7. The summed E-state index contributed by atoms with van der Waals surface area (Å²) < 4.78 is 41.3. The fourth-order valence-corrected chi connectivity index (χ4v) is 6.85. The molecule has 1 heterocycles. The van der Waals surface area contributed by atoms with E-state index >= 15 is 0 Å². The zero-order valence-electron chi connectivity index (χ0n) is 26.6. The number of nitrogens with one attached hydrogen (secondary N) is 1. The number of anilines is 3. The van der Waals surface area contributed by atoms with Gasteiger partial charge in [-0.05, 0) is 98.6 Å². The highest BCUT2D eigenvalue weighted by Crippen LogP contribution is 2.43. The van der Waals surface area contributed by atoms with Gasteiger partial charge >= 0.3 is 0 Å². The monoisotopic (exact) mass is 647 g/mol. The van der Waals surface area contributed by atoms with Crippen LogP contribution in [-0.4, -0.2) is 27.5 Å². The fraction of sp³-hybridized carbons (Fsp3) is 0.184. The van der Waals surface area contributed by atoms with Crippen molar-refractivity contribution < 1.29 is 22.7 Å². The molecule has 1 N–H and O–H groups in total. The zero-order valence-corrected chi connectivity index (χ0v) is 27.4. The number of nitrogens with zero attached hydrogens (tertiary/aromatic N) is 2. The largest absolute Gasteiger partial charge is 0.494 e. The zero-order chi connectivity index (χ0) is 33.0. The lowest BCUT2D eigenvalue weighted by molar-refractivity contribution is 0.0968. The van der Waals surface area contributed by atoms with Crippen molar-refractivity contribution in [3.63, 3.8) is 0 Å². The Hall–Kier alpha value is -5.28. The van der Waals surface area contributed by atoms with Gasteiger partial charge in [0.15, 0.2) is 0 Å². The number of fused-ring (bicyclic) bond motifs is 1. The van der Waals surface area contributed by atoms with Crippen LogP contribution in [0.5, 0.6) is 11.5 Å². The highest BCUT2D eigenvalue weighted by molar-refractivity contribution is 7.92. The molecule has 0 aromatic heterocycles. The summed E-state index contributed by atoms with van der Waals surface area (Å²) in [5.74, 6) is 1.10. The number of sulfonamides is 1. The summed E-state index contributed by atoms with van der Waals surface area (Å²) in [4.78, 5) is 18.5. The van der Waals surface area contributed by atoms with Crippen molar-refractivity contribution in [1.29, 1.82) is 0 Å². The van der Waals surface area contributed by atoms with E-state index in [0.29, 0.717) is 42.6 Å². The Morgan fingerprint density at radius 1 is 0.745 bits per heavy atom. The lowest BCUT2D eigenvalue weighted by atomic mass is 9.99. The third kappa shape index (κ3) is 6.80. The Kier molecular flexibility index (Phi) is 9.17. The fourth-order valence-electron chi connectivity index (χ4n) is 5.76. The third-order valence-corrected chi connectivity index (χ3v) is 9.37. The van der Waals surface area contributed by atoms with Gasteiger partial charge in [0.2, 0.25) is 0 Å². The van der Waals surface area contributed by atoms with Crippen LogP contribution in [0.3, 0.4) is 0 Å². The predicted molar refractivity (Wildman–Crippen MR) is 186 cm³/mol. The molecule has 0 spiro atoms. The van der Waals surface area contributed by atoms with Crippen molar-refractivity contribution in [2.45, 2.75) is 38.4 Å². The van der Waals surface area contributed by atoms with Crippen LogP contribution in [0.25, 0.3) is 0 Å². The molecule has 5 aromatic rings. The van der Waals surface area contributed by atoms with Crippen LogP contribution in [0.15, 0.2) is 126 Å². The maximum absolute atomic E-state index is 14.7. The molecule has 47 heavy (non-hydrogen) atoms. The van der Waals surface area contributed by atoms with Crippen molar-refractivity contribution in [2.75, 3.05) is 27.7 Å². The number of hydrogen-bond donors (Lipinski definition) is 1. The summed E-state index contributed by atoms with van der Waals surface area (Å²) in [5.41, 5.74) is 4.92. The molecule has 9 heteroatoms. The Labute approximate surface area is 276 Å². The summed E-state index contributed by atoms with van der Waals surface area (Å²) in [6.45, 7) is 7.30. The van der Waals surface area contributed by atoms with E-state index in [4.69, 9.17) is 9.47 Å². The number of amides is 1. The first-order valence-corrected chi connectivity index (χ1v) is 17.1.